The first kappa shape index (κ1) is 21.2. The second kappa shape index (κ2) is 10.8. The van der Waals surface area contributed by atoms with E-state index in [1.54, 1.807) is 18.4 Å². The normalized spacial score (nSPS) is 11.5. The van der Waals surface area contributed by atoms with Crippen LogP contribution in [-0.4, -0.2) is 38.5 Å². The average molecular weight is 438 g/mol. The highest BCUT2D eigenvalue weighted by molar-refractivity contribution is 14.0. The molecule has 1 rings (SSSR count). The molecule has 0 fully saturated rings. The zero-order valence-electron chi connectivity index (χ0n) is 13.7. The summed E-state index contributed by atoms with van der Waals surface area (Å²) in [5, 5.41) is 11.2. The number of hydrogen-bond acceptors (Lipinski definition) is 3. The van der Waals surface area contributed by atoms with Crippen LogP contribution in [0, 0.1) is 0 Å². The molecule has 7 heteroatoms. The lowest BCUT2D eigenvalue weighted by atomic mass is 9.91. The maximum atomic E-state index is 11.6. The number of aliphatic imine (C=N–C) groups is 1. The molecule has 0 aliphatic carbocycles. The summed E-state index contributed by atoms with van der Waals surface area (Å²) >= 11 is 1.75. The van der Waals surface area contributed by atoms with Gasteiger partial charge in [-0.3, -0.25) is 9.79 Å². The Morgan fingerprint density at radius 3 is 2.59 bits per heavy atom. The molecule has 0 aliphatic heterocycles. The summed E-state index contributed by atoms with van der Waals surface area (Å²) in [7, 11) is 1.71. The monoisotopic (exact) mass is 438 g/mol. The van der Waals surface area contributed by atoms with E-state index in [-0.39, 0.29) is 41.8 Å². The summed E-state index contributed by atoms with van der Waals surface area (Å²) < 4.78 is 0. The average Bonchev–Trinajstić information content (AvgIpc) is 3.00. The van der Waals surface area contributed by atoms with E-state index >= 15 is 0 Å². The number of nitrogens with one attached hydrogen (secondary N) is 3. The molecule has 5 nitrogen and oxygen atoms in total. The van der Waals surface area contributed by atoms with Gasteiger partial charge in [-0.25, -0.2) is 0 Å². The van der Waals surface area contributed by atoms with E-state index in [2.05, 4.69) is 52.3 Å². The molecule has 3 N–H and O–H groups in total. The molecule has 1 aromatic rings. The second-order valence-electron chi connectivity index (χ2n) is 5.49. The van der Waals surface area contributed by atoms with Crippen molar-refractivity contribution >= 4 is 47.2 Å². The van der Waals surface area contributed by atoms with Gasteiger partial charge in [0.1, 0.15) is 0 Å². The van der Waals surface area contributed by atoms with Crippen LogP contribution in [0.3, 0.4) is 0 Å². The van der Waals surface area contributed by atoms with Crippen molar-refractivity contribution in [1.29, 1.82) is 0 Å². The molecule has 0 saturated carbocycles. The molecule has 0 saturated heterocycles. The summed E-state index contributed by atoms with van der Waals surface area (Å²) in [4.78, 5) is 17.0. The van der Waals surface area contributed by atoms with Gasteiger partial charge < -0.3 is 16.0 Å². The third kappa shape index (κ3) is 7.44. The number of rotatable bonds is 7. The van der Waals surface area contributed by atoms with Crippen molar-refractivity contribution in [3.05, 3.63) is 22.4 Å². The highest BCUT2D eigenvalue weighted by atomic mass is 127. The largest absolute Gasteiger partial charge is 0.356 e. The smallest absolute Gasteiger partial charge is 0.239 e. The van der Waals surface area contributed by atoms with Gasteiger partial charge in [-0.15, -0.1) is 35.3 Å². The van der Waals surface area contributed by atoms with Crippen molar-refractivity contribution in [2.45, 2.75) is 32.6 Å². The number of amides is 1. The summed E-state index contributed by atoms with van der Waals surface area (Å²) in [5.41, 5.74) is 0.0241. The standard InChI is InChI=1S/C15H26N4OS.HI/c1-5-8-17-13(20)10-18-14(16-4)19-11-15(2,3)12-7-6-9-21-12;/h6-7,9H,5,8,10-11H2,1-4H3,(H,17,20)(H2,16,18,19);1H. The van der Waals surface area contributed by atoms with Crippen LogP contribution in [0.5, 0.6) is 0 Å². The van der Waals surface area contributed by atoms with Crippen LogP contribution in [0.1, 0.15) is 32.1 Å². The van der Waals surface area contributed by atoms with Crippen molar-refractivity contribution in [3.8, 4) is 0 Å². The minimum Gasteiger partial charge on any atom is -0.356 e. The molecule has 1 aromatic heterocycles. The second-order valence-corrected chi connectivity index (χ2v) is 6.44. The maximum absolute atomic E-state index is 11.6. The molecule has 0 atom stereocenters. The van der Waals surface area contributed by atoms with Crippen LogP contribution in [0.2, 0.25) is 0 Å². The zero-order chi connectivity index (χ0) is 15.7. The first-order valence-electron chi connectivity index (χ1n) is 7.24. The van der Waals surface area contributed by atoms with Crippen LogP contribution in [0.25, 0.3) is 0 Å². The van der Waals surface area contributed by atoms with Crippen LogP contribution >= 0.6 is 35.3 Å². The van der Waals surface area contributed by atoms with Crippen LogP contribution in [-0.2, 0) is 10.2 Å². The minimum absolute atomic E-state index is 0. The molecular weight excluding hydrogens is 411 g/mol. The van der Waals surface area contributed by atoms with E-state index in [4.69, 9.17) is 0 Å². The highest BCUT2D eigenvalue weighted by Crippen LogP contribution is 2.26. The van der Waals surface area contributed by atoms with Crippen molar-refractivity contribution in [3.63, 3.8) is 0 Å². The number of thiophene rings is 1. The Bertz CT molecular complexity index is 460. The first-order valence-corrected chi connectivity index (χ1v) is 8.12. The van der Waals surface area contributed by atoms with Crippen LogP contribution < -0.4 is 16.0 Å². The fourth-order valence-electron chi connectivity index (χ4n) is 1.77. The van der Waals surface area contributed by atoms with Gasteiger partial charge in [-0.2, -0.15) is 0 Å². The minimum atomic E-state index is -0.0164. The van der Waals surface area contributed by atoms with E-state index in [0.29, 0.717) is 12.5 Å². The number of carbonyl (C=O) groups excluding carboxylic acids is 1. The molecular formula is C15H27IN4OS. The van der Waals surface area contributed by atoms with E-state index in [1.807, 2.05) is 6.92 Å². The molecule has 0 aliphatic rings. The molecule has 0 unspecified atom stereocenters. The van der Waals surface area contributed by atoms with Gasteiger partial charge >= 0.3 is 0 Å². The molecule has 1 amide bonds. The predicted molar refractivity (Wildman–Crippen MR) is 105 cm³/mol. The topological polar surface area (TPSA) is 65.5 Å². The molecule has 0 radical (unpaired) electrons. The van der Waals surface area contributed by atoms with Gasteiger partial charge in [0.2, 0.25) is 5.91 Å². The quantitative estimate of drug-likeness (QED) is 0.348. The molecule has 0 bridgehead atoms. The Morgan fingerprint density at radius 2 is 2.05 bits per heavy atom. The third-order valence-electron chi connectivity index (χ3n) is 3.10. The molecule has 1 heterocycles. The highest BCUT2D eigenvalue weighted by Gasteiger charge is 2.21. The van der Waals surface area contributed by atoms with Gasteiger partial charge in [0.15, 0.2) is 5.96 Å². The lowest BCUT2D eigenvalue weighted by Crippen LogP contribution is -2.46. The Kier molecular flexibility index (Phi) is 10.4. The predicted octanol–water partition coefficient (Wildman–Crippen LogP) is 2.33. The fraction of sp³-hybridized carbons (Fsp3) is 0.600. The number of halogens is 1. The Labute approximate surface area is 154 Å². The van der Waals surface area contributed by atoms with E-state index in [1.165, 1.54) is 4.88 Å². The molecule has 126 valence electrons. The Morgan fingerprint density at radius 1 is 1.32 bits per heavy atom. The summed E-state index contributed by atoms with van der Waals surface area (Å²) in [6.07, 6.45) is 0.938. The number of guanidine groups is 1. The number of hydrogen-bond donors (Lipinski definition) is 3. The van der Waals surface area contributed by atoms with Gasteiger partial charge in [-0.05, 0) is 17.9 Å². The fourth-order valence-corrected chi connectivity index (χ4v) is 2.62. The SMILES string of the molecule is CCCNC(=O)CNC(=NC)NCC(C)(C)c1cccs1.I. The Balaban J connectivity index is 0.00000441. The third-order valence-corrected chi connectivity index (χ3v) is 4.33. The van der Waals surface area contributed by atoms with Gasteiger partial charge in [0, 0.05) is 30.4 Å². The van der Waals surface area contributed by atoms with Gasteiger partial charge in [0.25, 0.3) is 0 Å². The first-order chi connectivity index (χ1) is 9.99. The summed E-state index contributed by atoms with van der Waals surface area (Å²) in [5.74, 6) is 0.628. The van der Waals surface area contributed by atoms with E-state index < -0.39 is 0 Å². The maximum Gasteiger partial charge on any atom is 0.239 e. The van der Waals surface area contributed by atoms with E-state index in [9.17, 15) is 4.79 Å². The van der Waals surface area contributed by atoms with Crippen LogP contribution in [0.15, 0.2) is 22.5 Å². The Hall–Kier alpha value is -0.830. The lowest BCUT2D eigenvalue weighted by molar-refractivity contribution is -0.120. The molecule has 0 spiro atoms. The lowest BCUT2D eigenvalue weighted by Gasteiger charge is -2.25. The van der Waals surface area contributed by atoms with Crippen molar-refractivity contribution in [2.24, 2.45) is 4.99 Å². The van der Waals surface area contributed by atoms with E-state index in [0.717, 1.165) is 13.0 Å². The van der Waals surface area contributed by atoms with Crippen molar-refractivity contribution in [1.82, 2.24) is 16.0 Å². The molecule has 22 heavy (non-hydrogen) atoms. The number of carbonyl (C=O) groups is 1. The zero-order valence-corrected chi connectivity index (χ0v) is 16.9. The summed E-state index contributed by atoms with van der Waals surface area (Å²) in [6.45, 7) is 8.10. The van der Waals surface area contributed by atoms with Crippen LogP contribution in [0.4, 0.5) is 0 Å². The molecule has 0 aromatic carbocycles. The van der Waals surface area contributed by atoms with Crippen molar-refractivity contribution < 1.29 is 4.79 Å². The van der Waals surface area contributed by atoms with Gasteiger partial charge in [0.05, 0.1) is 6.54 Å². The van der Waals surface area contributed by atoms with Gasteiger partial charge in [-0.1, -0.05) is 26.8 Å². The number of nitrogens with zero attached hydrogens (tertiary/aromatic N) is 1. The van der Waals surface area contributed by atoms with Crippen molar-refractivity contribution in [2.75, 3.05) is 26.7 Å². The summed E-state index contributed by atoms with van der Waals surface area (Å²) in [6, 6.07) is 4.20.